The van der Waals surface area contributed by atoms with Gasteiger partial charge in [0, 0.05) is 13.7 Å². The zero-order chi connectivity index (χ0) is 15.2. The van der Waals surface area contributed by atoms with Crippen LogP contribution in [0.25, 0.3) is 0 Å². The van der Waals surface area contributed by atoms with Gasteiger partial charge in [-0.1, -0.05) is 35.0 Å². The minimum absolute atomic E-state index is 0.0265. The van der Waals surface area contributed by atoms with Gasteiger partial charge in [-0.15, -0.1) is 5.10 Å². The molecular weight excluding hydrogens is 268 g/mol. The number of benzene rings is 1. The number of hydrogen-bond donors (Lipinski definition) is 1. The van der Waals surface area contributed by atoms with Gasteiger partial charge in [0.15, 0.2) is 5.69 Å². The Hall–Kier alpha value is -2.21. The number of carbonyl (C=O) groups is 1. The van der Waals surface area contributed by atoms with Crippen molar-refractivity contribution in [3.05, 3.63) is 47.3 Å². The van der Waals surface area contributed by atoms with E-state index in [0.717, 1.165) is 5.56 Å². The Bertz CT molecular complexity index is 592. The highest BCUT2D eigenvalue weighted by Gasteiger charge is 2.14. The van der Waals surface area contributed by atoms with E-state index in [1.165, 1.54) is 5.56 Å². The second-order valence-corrected chi connectivity index (χ2v) is 4.92. The lowest BCUT2D eigenvalue weighted by molar-refractivity contribution is 0.0932. The molecule has 0 unspecified atom stereocenters. The van der Waals surface area contributed by atoms with E-state index in [9.17, 15) is 4.79 Å². The van der Waals surface area contributed by atoms with Crippen LogP contribution in [-0.2, 0) is 4.74 Å². The highest BCUT2D eigenvalue weighted by molar-refractivity contribution is 5.91. The molecule has 0 bridgehead atoms. The third kappa shape index (κ3) is 3.88. The van der Waals surface area contributed by atoms with E-state index in [1.807, 2.05) is 13.8 Å². The fraction of sp³-hybridized carbons (Fsp3) is 0.400. The number of rotatable bonds is 6. The molecule has 0 saturated carbocycles. The first kappa shape index (κ1) is 15.2. The molecule has 6 heteroatoms. The van der Waals surface area contributed by atoms with Gasteiger partial charge in [0.25, 0.3) is 5.91 Å². The van der Waals surface area contributed by atoms with Crippen LogP contribution < -0.4 is 5.32 Å². The fourth-order valence-electron chi connectivity index (χ4n) is 1.92. The maximum absolute atomic E-state index is 11.9. The summed E-state index contributed by atoms with van der Waals surface area (Å²) in [4.78, 5) is 11.9. The van der Waals surface area contributed by atoms with E-state index in [0.29, 0.717) is 18.8 Å². The number of methoxy groups -OCH3 is 1. The van der Waals surface area contributed by atoms with E-state index in [1.54, 1.807) is 18.0 Å². The quantitative estimate of drug-likeness (QED) is 0.819. The molecule has 0 aliphatic rings. The Morgan fingerprint density at radius 1 is 1.38 bits per heavy atom. The Balaban J connectivity index is 2.05. The standard InChI is InChI=1S/C15H20N4O2/c1-11-4-6-13(7-5-11)12(2)19-10-14(17-18-19)15(20)16-8-9-21-3/h4-7,10,12H,8-9H2,1-3H3,(H,16,20)/t12-/m1/s1. The summed E-state index contributed by atoms with van der Waals surface area (Å²) in [5, 5.41) is 10.7. The normalized spacial score (nSPS) is 12.1. The van der Waals surface area contributed by atoms with Crippen molar-refractivity contribution in [2.24, 2.45) is 0 Å². The van der Waals surface area contributed by atoms with Crippen molar-refractivity contribution in [3.8, 4) is 0 Å². The van der Waals surface area contributed by atoms with Crippen molar-refractivity contribution in [2.45, 2.75) is 19.9 Å². The van der Waals surface area contributed by atoms with Crippen molar-refractivity contribution in [1.82, 2.24) is 20.3 Å². The predicted molar refractivity (Wildman–Crippen MR) is 79.2 cm³/mol. The third-order valence-corrected chi connectivity index (χ3v) is 3.29. The molecule has 1 aromatic heterocycles. The first-order valence-electron chi connectivity index (χ1n) is 6.87. The van der Waals surface area contributed by atoms with E-state index in [2.05, 4.69) is 39.9 Å². The van der Waals surface area contributed by atoms with Crippen LogP contribution in [0.4, 0.5) is 0 Å². The molecule has 21 heavy (non-hydrogen) atoms. The molecule has 2 aromatic rings. The van der Waals surface area contributed by atoms with Gasteiger partial charge in [-0.3, -0.25) is 4.79 Å². The Morgan fingerprint density at radius 3 is 2.76 bits per heavy atom. The molecule has 0 fully saturated rings. The summed E-state index contributed by atoms with van der Waals surface area (Å²) in [6, 6.07) is 8.25. The summed E-state index contributed by atoms with van der Waals surface area (Å²) in [6.45, 7) is 4.99. The molecule has 112 valence electrons. The number of ether oxygens (including phenoxy) is 1. The number of aromatic nitrogens is 3. The van der Waals surface area contributed by atoms with Gasteiger partial charge in [0.1, 0.15) is 0 Å². The summed E-state index contributed by atoms with van der Waals surface area (Å²) in [5.41, 5.74) is 2.64. The first-order chi connectivity index (χ1) is 10.1. The maximum atomic E-state index is 11.9. The Labute approximate surface area is 124 Å². The number of amides is 1. The lowest BCUT2D eigenvalue weighted by atomic mass is 10.1. The minimum Gasteiger partial charge on any atom is -0.383 e. The molecule has 0 aliphatic heterocycles. The molecule has 1 amide bonds. The molecule has 1 N–H and O–H groups in total. The Morgan fingerprint density at radius 2 is 2.10 bits per heavy atom. The number of aryl methyl sites for hydroxylation is 1. The summed E-state index contributed by atoms with van der Waals surface area (Å²) in [6.07, 6.45) is 1.66. The van der Waals surface area contributed by atoms with Gasteiger partial charge in [0.2, 0.25) is 0 Å². The largest absolute Gasteiger partial charge is 0.383 e. The second kappa shape index (κ2) is 6.99. The van der Waals surface area contributed by atoms with E-state index in [-0.39, 0.29) is 11.9 Å². The smallest absolute Gasteiger partial charge is 0.273 e. The minimum atomic E-state index is -0.241. The van der Waals surface area contributed by atoms with Gasteiger partial charge in [-0.25, -0.2) is 4.68 Å². The van der Waals surface area contributed by atoms with Crippen LogP contribution in [-0.4, -0.2) is 41.2 Å². The topological polar surface area (TPSA) is 69.0 Å². The number of nitrogens with zero attached hydrogens (tertiary/aromatic N) is 3. The molecule has 2 rings (SSSR count). The highest BCUT2D eigenvalue weighted by atomic mass is 16.5. The Kier molecular flexibility index (Phi) is 5.05. The average Bonchev–Trinajstić information content (AvgIpc) is 2.97. The van der Waals surface area contributed by atoms with E-state index in [4.69, 9.17) is 4.74 Å². The van der Waals surface area contributed by atoms with Gasteiger partial charge in [-0.2, -0.15) is 0 Å². The average molecular weight is 288 g/mol. The van der Waals surface area contributed by atoms with Crippen LogP contribution in [0.1, 0.15) is 34.6 Å². The van der Waals surface area contributed by atoms with Crippen LogP contribution in [0.5, 0.6) is 0 Å². The first-order valence-corrected chi connectivity index (χ1v) is 6.87. The molecule has 1 heterocycles. The molecule has 0 saturated heterocycles. The molecule has 1 atom stereocenters. The maximum Gasteiger partial charge on any atom is 0.273 e. The lowest BCUT2D eigenvalue weighted by Crippen LogP contribution is -2.27. The van der Waals surface area contributed by atoms with Gasteiger partial charge in [0.05, 0.1) is 18.8 Å². The van der Waals surface area contributed by atoms with Crippen molar-refractivity contribution in [2.75, 3.05) is 20.3 Å². The monoisotopic (exact) mass is 288 g/mol. The summed E-state index contributed by atoms with van der Waals surface area (Å²) < 4.78 is 6.57. The molecule has 0 aliphatic carbocycles. The lowest BCUT2D eigenvalue weighted by Gasteiger charge is -2.11. The molecule has 1 aromatic carbocycles. The second-order valence-electron chi connectivity index (χ2n) is 4.92. The fourth-order valence-corrected chi connectivity index (χ4v) is 1.92. The van der Waals surface area contributed by atoms with Gasteiger partial charge in [-0.05, 0) is 19.4 Å². The van der Waals surface area contributed by atoms with Crippen LogP contribution in [0.2, 0.25) is 0 Å². The predicted octanol–water partition coefficient (Wildman–Crippen LogP) is 1.57. The van der Waals surface area contributed by atoms with Gasteiger partial charge < -0.3 is 10.1 Å². The van der Waals surface area contributed by atoms with Gasteiger partial charge >= 0.3 is 0 Å². The van der Waals surface area contributed by atoms with Crippen molar-refractivity contribution < 1.29 is 9.53 Å². The van der Waals surface area contributed by atoms with Crippen LogP contribution in [0.3, 0.4) is 0 Å². The van der Waals surface area contributed by atoms with E-state index >= 15 is 0 Å². The number of carbonyl (C=O) groups excluding carboxylic acids is 1. The molecule has 6 nitrogen and oxygen atoms in total. The van der Waals surface area contributed by atoms with Crippen molar-refractivity contribution in [1.29, 1.82) is 0 Å². The van der Waals surface area contributed by atoms with Crippen LogP contribution in [0.15, 0.2) is 30.5 Å². The summed E-state index contributed by atoms with van der Waals surface area (Å²) in [7, 11) is 1.59. The molecule has 0 radical (unpaired) electrons. The van der Waals surface area contributed by atoms with Crippen LogP contribution in [0, 0.1) is 6.92 Å². The third-order valence-electron chi connectivity index (χ3n) is 3.29. The van der Waals surface area contributed by atoms with Crippen LogP contribution >= 0.6 is 0 Å². The zero-order valence-electron chi connectivity index (χ0n) is 12.5. The molecular formula is C15H20N4O2. The highest BCUT2D eigenvalue weighted by Crippen LogP contribution is 2.17. The SMILES string of the molecule is COCCNC(=O)c1cn([C@H](C)c2ccc(C)cc2)nn1. The number of hydrogen-bond acceptors (Lipinski definition) is 4. The molecule has 0 spiro atoms. The zero-order valence-corrected chi connectivity index (χ0v) is 12.5. The summed E-state index contributed by atoms with van der Waals surface area (Å²) >= 11 is 0. The number of nitrogens with one attached hydrogen (secondary N) is 1. The van der Waals surface area contributed by atoms with Crippen molar-refractivity contribution in [3.63, 3.8) is 0 Å². The van der Waals surface area contributed by atoms with E-state index < -0.39 is 0 Å². The summed E-state index contributed by atoms with van der Waals surface area (Å²) in [5.74, 6) is -0.241. The van der Waals surface area contributed by atoms with Crippen molar-refractivity contribution >= 4 is 5.91 Å².